The lowest BCUT2D eigenvalue weighted by Gasteiger charge is -2.13. The third-order valence-corrected chi connectivity index (χ3v) is 6.89. The highest BCUT2D eigenvalue weighted by Crippen LogP contribution is 2.34. The Morgan fingerprint density at radius 3 is 2.38 bits per heavy atom. The van der Waals surface area contributed by atoms with E-state index in [1.165, 1.54) is 0 Å². The number of carbonyl (C=O) groups is 3. The van der Waals surface area contributed by atoms with Gasteiger partial charge in [-0.05, 0) is 92.2 Å². The Morgan fingerprint density at radius 2 is 1.68 bits per heavy atom. The summed E-state index contributed by atoms with van der Waals surface area (Å²) in [6, 6.07) is 14.5. The van der Waals surface area contributed by atoms with Crippen molar-refractivity contribution in [1.29, 1.82) is 0 Å². The van der Waals surface area contributed by atoms with Gasteiger partial charge in [0.2, 0.25) is 5.91 Å². The van der Waals surface area contributed by atoms with Gasteiger partial charge in [-0.15, -0.1) is 0 Å². The van der Waals surface area contributed by atoms with Gasteiger partial charge < -0.3 is 9.88 Å². The first-order chi connectivity index (χ1) is 16.1. The summed E-state index contributed by atoms with van der Waals surface area (Å²) in [6.45, 7) is 5.36. The fourth-order valence-corrected chi connectivity index (χ4v) is 4.89. The molecule has 1 saturated heterocycles. The first-order valence-electron chi connectivity index (χ1n) is 10.4. The number of nitrogens with one attached hydrogen (secondary N) is 1. The summed E-state index contributed by atoms with van der Waals surface area (Å²) in [6.07, 6.45) is 1.69. The van der Waals surface area contributed by atoms with Crippen LogP contribution in [0.25, 0.3) is 11.8 Å². The molecule has 0 bridgehead atoms. The molecule has 0 unspecified atom stereocenters. The lowest BCUT2D eigenvalue weighted by molar-refractivity contribution is -0.127. The lowest BCUT2D eigenvalue weighted by atomic mass is 10.2. The molecule has 9 heteroatoms. The van der Waals surface area contributed by atoms with Crippen LogP contribution in [0.1, 0.15) is 22.5 Å². The number of nitrogens with zero attached hydrogens (tertiary/aromatic N) is 2. The average molecular weight is 514 g/mol. The third kappa shape index (κ3) is 4.92. The molecule has 2 aromatic carbocycles. The number of aryl methyl sites for hydroxylation is 2. The number of benzene rings is 2. The number of amides is 3. The number of anilines is 1. The van der Waals surface area contributed by atoms with Crippen LogP contribution in [0.4, 0.5) is 10.5 Å². The van der Waals surface area contributed by atoms with E-state index in [9.17, 15) is 14.4 Å². The Labute approximate surface area is 211 Å². The Morgan fingerprint density at radius 1 is 1.00 bits per heavy atom. The summed E-state index contributed by atoms with van der Waals surface area (Å²) >= 11 is 12.8. The van der Waals surface area contributed by atoms with Crippen LogP contribution >= 0.6 is 35.0 Å². The lowest BCUT2D eigenvalue weighted by Crippen LogP contribution is -2.36. The Hall–Kier alpha value is -3.00. The van der Waals surface area contributed by atoms with Crippen molar-refractivity contribution in [2.45, 2.75) is 20.8 Å². The summed E-state index contributed by atoms with van der Waals surface area (Å²) in [5.41, 5.74) is 5.01. The zero-order valence-corrected chi connectivity index (χ0v) is 21.0. The molecule has 0 radical (unpaired) electrons. The van der Waals surface area contributed by atoms with E-state index in [0.29, 0.717) is 15.7 Å². The highest BCUT2D eigenvalue weighted by Gasteiger charge is 2.36. The largest absolute Gasteiger partial charge is 0.324 e. The molecule has 0 spiro atoms. The van der Waals surface area contributed by atoms with Gasteiger partial charge in [0.15, 0.2) is 0 Å². The minimum absolute atomic E-state index is 0.271. The number of aromatic nitrogens is 1. The predicted molar refractivity (Wildman–Crippen MR) is 138 cm³/mol. The highest BCUT2D eigenvalue weighted by molar-refractivity contribution is 8.18. The van der Waals surface area contributed by atoms with Crippen molar-refractivity contribution in [1.82, 2.24) is 9.47 Å². The van der Waals surface area contributed by atoms with Gasteiger partial charge in [-0.25, -0.2) is 0 Å². The van der Waals surface area contributed by atoms with Gasteiger partial charge in [-0.2, -0.15) is 0 Å². The standard InChI is InChI=1S/C25H21Cl2N3O3S/c1-14-4-5-19(27)12-21(14)28-23(31)13-29-24(32)22(34-25(29)33)11-17-10-15(2)30(16(17)3)20-8-6-18(26)7-9-20/h4-12H,13H2,1-3H3,(H,28,31)/b22-11+. The molecule has 174 valence electrons. The SMILES string of the molecule is Cc1ccc(Cl)cc1NC(=O)CN1C(=O)S/C(=C/c2cc(C)n(-c3ccc(Cl)cc3)c2C)C1=O. The van der Waals surface area contributed by atoms with Crippen molar-refractivity contribution >= 4 is 63.8 Å². The molecule has 0 aliphatic carbocycles. The molecule has 1 aliphatic heterocycles. The molecule has 3 aromatic rings. The van der Waals surface area contributed by atoms with Crippen molar-refractivity contribution in [2.24, 2.45) is 0 Å². The van der Waals surface area contributed by atoms with Crippen LogP contribution in [-0.2, 0) is 9.59 Å². The molecule has 0 atom stereocenters. The third-order valence-electron chi connectivity index (χ3n) is 5.49. The van der Waals surface area contributed by atoms with Crippen molar-refractivity contribution in [3.63, 3.8) is 0 Å². The van der Waals surface area contributed by atoms with E-state index >= 15 is 0 Å². The van der Waals surface area contributed by atoms with Crippen LogP contribution < -0.4 is 5.32 Å². The second-order valence-electron chi connectivity index (χ2n) is 7.91. The van der Waals surface area contributed by atoms with E-state index in [4.69, 9.17) is 23.2 Å². The first kappa shape index (κ1) is 24.1. The van der Waals surface area contributed by atoms with Crippen molar-refractivity contribution in [2.75, 3.05) is 11.9 Å². The fourth-order valence-electron chi connectivity index (χ4n) is 3.76. The number of imide groups is 1. The zero-order valence-electron chi connectivity index (χ0n) is 18.7. The first-order valence-corrected chi connectivity index (χ1v) is 12.0. The average Bonchev–Trinajstić information content (AvgIpc) is 3.21. The molecule has 1 aliphatic rings. The summed E-state index contributed by atoms with van der Waals surface area (Å²) < 4.78 is 2.05. The van der Waals surface area contributed by atoms with Crippen molar-refractivity contribution < 1.29 is 14.4 Å². The van der Waals surface area contributed by atoms with Crippen molar-refractivity contribution in [3.8, 4) is 5.69 Å². The number of carbonyl (C=O) groups excluding carboxylic acids is 3. The van der Waals surface area contributed by atoms with E-state index in [1.807, 2.05) is 55.7 Å². The van der Waals surface area contributed by atoms with E-state index in [1.54, 1.807) is 24.3 Å². The van der Waals surface area contributed by atoms with Gasteiger partial charge in [0, 0.05) is 32.8 Å². The molecule has 34 heavy (non-hydrogen) atoms. The topological polar surface area (TPSA) is 71.4 Å². The summed E-state index contributed by atoms with van der Waals surface area (Å²) in [5, 5.41) is 3.36. The quantitative estimate of drug-likeness (QED) is 0.401. The van der Waals surface area contributed by atoms with Gasteiger partial charge in [0.25, 0.3) is 11.1 Å². The van der Waals surface area contributed by atoms with Crippen LogP contribution in [0.15, 0.2) is 53.4 Å². The number of hydrogen-bond donors (Lipinski definition) is 1. The summed E-state index contributed by atoms with van der Waals surface area (Å²) in [4.78, 5) is 39.2. The van der Waals surface area contributed by atoms with Gasteiger partial charge in [0.05, 0.1) is 4.91 Å². The number of rotatable bonds is 5. The molecular formula is C25H21Cl2N3O3S. The molecule has 0 saturated carbocycles. The Balaban J connectivity index is 1.53. The van der Waals surface area contributed by atoms with Gasteiger partial charge >= 0.3 is 0 Å². The van der Waals surface area contributed by atoms with E-state index in [2.05, 4.69) is 5.32 Å². The fraction of sp³-hybridized carbons (Fsp3) is 0.160. The van der Waals surface area contributed by atoms with Gasteiger partial charge in [-0.1, -0.05) is 29.3 Å². The van der Waals surface area contributed by atoms with E-state index in [-0.39, 0.29) is 11.4 Å². The molecule has 3 amide bonds. The molecule has 2 heterocycles. The second kappa shape index (κ2) is 9.70. The molecule has 1 N–H and O–H groups in total. The number of halogens is 2. The van der Waals surface area contributed by atoms with E-state index < -0.39 is 17.1 Å². The van der Waals surface area contributed by atoms with Crippen LogP contribution in [0.3, 0.4) is 0 Å². The highest BCUT2D eigenvalue weighted by atomic mass is 35.5. The van der Waals surface area contributed by atoms with Gasteiger partial charge in [0.1, 0.15) is 6.54 Å². The van der Waals surface area contributed by atoms with Crippen LogP contribution in [0, 0.1) is 20.8 Å². The van der Waals surface area contributed by atoms with Crippen LogP contribution in [-0.4, -0.2) is 33.1 Å². The number of hydrogen-bond acceptors (Lipinski definition) is 4. The van der Waals surface area contributed by atoms with Crippen molar-refractivity contribution in [3.05, 3.63) is 86.0 Å². The molecule has 1 aromatic heterocycles. The number of thioether (sulfide) groups is 1. The molecular weight excluding hydrogens is 493 g/mol. The Kier molecular flexibility index (Phi) is 6.89. The molecule has 1 fully saturated rings. The normalized spacial score (nSPS) is 14.9. The molecule has 4 rings (SSSR count). The maximum atomic E-state index is 12.9. The second-order valence-corrected chi connectivity index (χ2v) is 9.78. The monoisotopic (exact) mass is 513 g/mol. The minimum Gasteiger partial charge on any atom is -0.324 e. The van der Waals surface area contributed by atoms with E-state index in [0.717, 1.165) is 44.9 Å². The summed E-state index contributed by atoms with van der Waals surface area (Å²) in [5.74, 6) is -0.973. The zero-order chi connectivity index (χ0) is 24.6. The maximum absolute atomic E-state index is 12.9. The smallest absolute Gasteiger partial charge is 0.294 e. The maximum Gasteiger partial charge on any atom is 0.294 e. The molecule has 6 nitrogen and oxygen atoms in total. The van der Waals surface area contributed by atoms with Crippen LogP contribution in [0.2, 0.25) is 10.0 Å². The minimum atomic E-state index is -0.496. The predicted octanol–water partition coefficient (Wildman–Crippen LogP) is 6.38. The Bertz CT molecular complexity index is 1350. The summed E-state index contributed by atoms with van der Waals surface area (Å²) in [7, 11) is 0. The van der Waals surface area contributed by atoms with Gasteiger partial charge in [-0.3, -0.25) is 19.3 Å². The van der Waals surface area contributed by atoms with Crippen LogP contribution in [0.5, 0.6) is 0 Å².